The molecule has 0 saturated carbocycles. The first-order chi connectivity index (χ1) is 21.7. The van der Waals surface area contributed by atoms with Crippen molar-refractivity contribution < 1.29 is 28.9 Å². The normalized spacial score (nSPS) is 14.0. The third kappa shape index (κ3) is 13.7. The molecule has 0 fully saturated rings. The van der Waals surface area contributed by atoms with Crippen molar-refractivity contribution in [3.63, 3.8) is 0 Å². The van der Waals surface area contributed by atoms with Crippen molar-refractivity contribution in [1.29, 1.82) is 0 Å². The van der Waals surface area contributed by atoms with Gasteiger partial charge in [-0.1, -0.05) is 89.9 Å². The van der Waals surface area contributed by atoms with Gasteiger partial charge in [-0.05, 0) is 69.1 Å². The van der Waals surface area contributed by atoms with Gasteiger partial charge in [-0.15, -0.1) is 0 Å². The molecule has 3 N–H and O–H groups in total. The predicted octanol–water partition coefficient (Wildman–Crippen LogP) is 7.56. The van der Waals surface area contributed by atoms with E-state index in [9.17, 15) is 14.7 Å². The fourth-order valence-electron chi connectivity index (χ4n) is 5.36. The third-order valence-corrected chi connectivity index (χ3v) is 8.29. The number of ether oxygens (including phenoxy) is 3. The van der Waals surface area contributed by atoms with Crippen LogP contribution in [0, 0.1) is 17.3 Å². The minimum absolute atomic E-state index is 0.0326. The second kappa shape index (κ2) is 18.9. The predicted molar refractivity (Wildman–Crippen MR) is 186 cm³/mol. The number of benzene rings is 2. The summed E-state index contributed by atoms with van der Waals surface area (Å²) in [6.07, 6.45) is 3.14. The zero-order valence-corrected chi connectivity index (χ0v) is 29.8. The van der Waals surface area contributed by atoms with Gasteiger partial charge in [0.2, 0.25) is 5.91 Å². The van der Waals surface area contributed by atoms with Gasteiger partial charge in [0.1, 0.15) is 11.4 Å². The topological polar surface area (TPSA) is 106 Å². The molecule has 0 radical (unpaired) electrons. The number of alkyl carbamates (subject to hydrolysis) is 1. The lowest BCUT2D eigenvalue weighted by Crippen LogP contribution is -2.51. The van der Waals surface area contributed by atoms with Crippen LogP contribution >= 0.6 is 0 Å². The molecule has 8 heteroatoms. The van der Waals surface area contributed by atoms with Crippen LogP contribution in [0.4, 0.5) is 4.79 Å². The summed E-state index contributed by atoms with van der Waals surface area (Å²) in [6, 6.07) is 15.9. The van der Waals surface area contributed by atoms with Gasteiger partial charge in [0, 0.05) is 37.7 Å². The van der Waals surface area contributed by atoms with Crippen LogP contribution in [0.15, 0.2) is 48.5 Å². The Labute approximate surface area is 278 Å². The molecule has 0 spiro atoms. The summed E-state index contributed by atoms with van der Waals surface area (Å²) in [4.78, 5) is 25.9. The van der Waals surface area contributed by atoms with Gasteiger partial charge in [-0.2, -0.15) is 0 Å². The smallest absolute Gasteiger partial charge is 0.407 e. The summed E-state index contributed by atoms with van der Waals surface area (Å²) in [7, 11) is 1.69. The Hall–Kier alpha value is -3.10. The number of aliphatic hydroxyl groups excluding tert-OH is 1. The van der Waals surface area contributed by atoms with Gasteiger partial charge in [0.05, 0.1) is 18.8 Å². The molecular formula is C38H60N2O6. The minimum atomic E-state index is -1.00. The highest BCUT2D eigenvalue weighted by Crippen LogP contribution is 2.33. The first-order valence-corrected chi connectivity index (χ1v) is 16.9. The van der Waals surface area contributed by atoms with E-state index in [2.05, 4.69) is 61.7 Å². The fourth-order valence-corrected chi connectivity index (χ4v) is 5.36. The maximum absolute atomic E-state index is 13.0. The summed E-state index contributed by atoms with van der Waals surface area (Å²) in [6.45, 7) is 16.9. The maximum Gasteiger partial charge on any atom is 0.407 e. The SMILES string of the molecule is CCCCC(C)(C)C(=O)NCC(O)C(CC(Cc1ccc(-c2ccccc2)c(OCCCOC)c1)C(C)C)NC(=O)OC(C)(C)C. The van der Waals surface area contributed by atoms with E-state index in [4.69, 9.17) is 14.2 Å². The summed E-state index contributed by atoms with van der Waals surface area (Å²) in [5.41, 5.74) is 1.99. The summed E-state index contributed by atoms with van der Waals surface area (Å²) < 4.78 is 17.0. The molecule has 8 nitrogen and oxygen atoms in total. The molecule has 0 aliphatic heterocycles. The van der Waals surface area contributed by atoms with Crippen molar-refractivity contribution in [3.05, 3.63) is 54.1 Å². The Bertz CT molecular complexity index is 1190. The standard InChI is InChI=1S/C38H60N2O6/c1-10-11-20-38(7,8)35(42)39-26-33(41)32(40-36(43)46-37(4,5)6)25-30(27(2)3)23-28-18-19-31(29-16-13-12-14-17-29)34(24-28)45-22-15-21-44-9/h12-14,16-19,24,27,30,32-33,41H,10-11,15,20-23,25-26H2,1-9H3,(H,39,42)(H,40,43). The second-order valence-electron chi connectivity index (χ2n) is 14.4. The van der Waals surface area contributed by atoms with E-state index in [-0.39, 0.29) is 24.3 Å². The third-order valence-electron chi connectivity index (χ3n) is 8.29. The Morgan fingerprint density at radius 3 is 2.26 bits per heavy atom. The molecule has 46 heavy (non-hydrogen) atoms. The van der Waals surface area contributed by atoms with E-state index in [1.165, 1.54) is 0 Å². The van der Waals surface area contributed by atoms with Gasteiger partial charge in [0.25, 0.3) is 0 Å². The molecule has 258 valence electrons. The minimum Gasteiger partial charge on any atom is -0.493 e. The highest BCUT2D eigenvalue weighted by Gasteiger charge is 2.31. The van der Waals surface area contributed by atoms with Gasteiger partial charge in [0.15, 0.2) is 0 Å². The lowest BCUT2D eigenvalue weighted by molar-refractivity contribution is -0.130. The number of unbranched alkanes of at least 4 members (excludes halogenated alkanes) is 1. The maximum atomic E-state index is 13.0. The Kier molecular flexibility index (Phi) is 16.1. The van der Waals surface area contributed by atoms with Crippen LogP contribution in [-0.4, -0.2) is 61.7 Å². The van der Waals surface area contributed by atoms with E-state index in [1.54, 1.807) is 7.11 Å². The molecule has 3 unspecified atom stereocenters. The van der Waals surface area contributed by atoms with Crippen LogP contribution in [0.25, 0.3) is 11.1 Å². The average Bonchev–Trinajstić information content (AvgIpc) is 2.99. The van der Waals surface area contributed by atoms with Gasteiger partial charge >= 0.3 is 6.09 Å². The molecule has 0 aliphatic carbocycles. The molecular weight excluding hydrogens is 580 g/mol. The second-order valence-corrected chi connectivity index (χ2v) is 14.4. The first-order valence-electron chi connectivity index (χ1n) is 16.9. The number of nitrogens with one attached hydrogen (secondary N) is 2. The van der Waals surface area contributed by atoms with Crippen LogP contribution in [0.2, 0.25) is 0 Å². The summed E-state index contributed by atoms with van der Waals surface area (Å²) in [5, 5.41) is 17.2. The molecule has 2 aromatic rings. The van der Waals surface area contributed by atoms with Crippen molar-refractivity contribution in [1.82, 2.24) is 10.6 Å². The molecule has 0 aromatic heterocycles. The zero-order valence-electron chi connectivity index (χ0n) is 29.8. The molecule has 2 amide bonds. The largest absolute Gasteiger partial charge is 0.493 e. The van der Waals surface area contributed by atoms with E-state index in [0.717, 1.165) is 54.5 Å². The van der Waals surface area contributed by atoms with Crippen LogP contribution in [0.1, 0.15) is 93.1 Å². The summed E-state index contributed by atoms with van der Waals surface area (Å²) >= 11 is 0. The zero-order chi connectivity index (χ0) is 34.3. The van der Waals surface area contributed by atoms with Crippen molar-refractivity contribution in [2.75, 3.05) is 26.9 Å². The molecule has 0 saturated heterocycles. The Morgan fingerprint density at radius 1 is 0.957 bits per heavy atom. The molecule has 0 heterocycles. The lowest BCUT2D eigenvalue weighted by atomic mass is 9.82. The van der Waals surface area contributed by atoms with Crippen LogP contribution in [-0.2, 0) is 20.7 Å². The quantitative estimate of drug-likeness (QED) is 0.137. The summed E-state index contributed by atoms with van der Waals surface area (Å²) in [5.74, 6) is 1.07. The molecule has 2 rings (SSSR count). The molecule has 2 aromatic carbocycles. The van der Waals surface area contributed by atoms with E-state index >= 15 is 0 Å². The van der Waals surface area contributed by atoms with Gasteiger partial charge in [-0.25, -0.2) is 4.79 Å². The number of amides is 2. The number of hydrogen-bond acceptors (Lipinski definition) is 6. The van der Waals surface area contributed by atoms with Crippen LogP contribution < -0.4 is 15.4 Å². The highest BCUT2D eigenvalue weighted by molar-refractivity contribution is 5.81. The van der Waals surface area contributed by atoms with Crippen LogP contribution in [0.5, 0.6) is 5.75 Å². The monoisotopic (exact) mass is 640 g/mol. The number of methoxy groups -OCH3 is 1. The van der Waals surface area contributed by atoms with E-state index < -0.39 is 29.3 Å². The lowest BCUT2D eigenvalue weighted by Gasteiger charge is -2.32. The molecule has 0 aliphatic rings. The van der Waals surface area contributed by atoms with E-state index in [0.29, 0.717) is 19.6 Å². The van der Waals surface area contributed by atoms with Gasteiger partial charge < -0.3 is 30.0 Å². The fraction of sp³-hybridized carbons (Fsp3) is 0.632. The number of hydrogen-bond donors (Lipinski definition) is 3. The van der Waals surface area contributed by atoms with Crippen molar-refractivity contribution in [3.8, 4) is 16.9 Å². The number of carbonyl (C=O) groups excluding carboxylic acids is 2. The van der Waals surface area contributed by atoms with E-state index in [1.807, 2.05) is 52.8 Å². The molecule has 0 bridgehead atoms. The van der Waals surface area contributed by atoms with Crippen molar-refractivity contribution in [2.45, 2.75) is 112 Å². The van der Waals surface area contributed by atoms with Crippen LogP contribution in [0.3, 0.4) is 0 Å². The average molecular weight is 641 g/mol. The number of aliphatic hydroxyl groups is 1. The first kappa shape index (κ1) is 39.1. The highest BCUT2D eigenvalue weighted by atomic mass is 16.6. The van der Waals surface area contributed by atoms with Crippen molar-refractivity contribution in [2.24, 2.45) is 17.3 Å². The number of carbonyl (C=O) groups is 2. The van der Waals surface area contributed by atoms with Gasteiger partial charge in [-0.3, -0.25) is 4.79 Å². The molecule has 3 atom stereocenters. The number of rotatable bonds is 19. The Balaban J connectivity index is 2.29. The van der Waals surface area contributed by atoms with Crippen molar-refractivity contribution >= 4 is 12.0 Å². The Morgan fingerprint density at radius 2 is 1.65 bits per heavy atom.